The van der Waals surface area contributed by atoms with E-state index in [4.69, 9.17) is 9.73 Å². The van der Waals surface area contributed by atoms with Gasteiger partial charge in [0.2, 0.25) is 0 Å². The Bertz CT molecular complexity index is 425. The second kappa shape index (κ2) is 13.2. The van der Waals surface area contributed by atoms with Crippen molar-refractivity contribution < 1.29 is 4.74 Å². The highest BCUT2D eigenvalue weighted by Gasteiger charge is 2.29. The number of hydrogen-bond donors (Lipinski definition) is 2. The second-order valence-corrected chi connectivity index (χ2v) is 8.28. The number of halogens is 1. The van der Waals surface area contributed by atoms with Crippen LogP contribution in [0.25, 0.3) is 0 Å². The smallest absolute Gasteiger partial charge is 0.191 e. The maximum Gasteiger partial charge on any atom is 0.191 e. The van der Waals surface area contributed by atoms with Crippen molar-refractivity contribution in [2.24, 2.45) is 10.9 Å². The van der Waals surface area contributed by atoms with Gasteiger partial charge in [-0.25, -0.2) is 0 Å². The van der Waals surface area contributed by atoms with Crippen LogP contribution in [-0.4, -0.2) is 86.9 Å². The van der Waals surface area contributed by atoms with Gasteiger partial charge in [0, 0.05) is 44.3 Å². The molecule has 0 amide bonds. The number of aliphatic imine (C=N–C) groups is 1. The van der Waals surface area contributed by atoms with Crippen molar-refractivity contribution in [3.8, 4) is 0 Å². The van der Waals surface area contributed by atoms with Gasteiger partial charge in [0.05, 0.1) is 19.8 Å². The Labute approximate surface area is 183 Å². The number of guanidine groups is 1. The van der Waals surface area contributed by atoms with Gasteiger partial charge in [-0.2, -0.15) is 0 Å². The molecule has 0 aromatic carbocycles. The lowest BCUT2D eigenvalue weighted by molar-refractivity contribution is 0.0143. The molecule has 0 aromatic rings. The van der Waals surface area contributed by atoms with Crippen molar-refractivity contribution in [3.05, 3.63) is 0 Å². The summed E-state index contributed by atoms with van der Waals surface area (Å²) >= 11 is 0. The Morgan fingerprint density at radius 2 is 1.85 bits per heavy atom. The quantitative estimate of drug-likeness (QED) is 0.277. The summed E-state index contributed by atoms with van der Waals surface area (Å²) in [5.74, 6) is 1.63. The van der Waals surface area contributed by atoms with E-state index >= 15 is 0 Å². The SMILES string of the molecule is CCNC(=NCC(CC(C)C)N1CCOCC1)NCC(C)N(C)C1CC1.I. The molecule has 1 aliphatic heterocycles. The molecular weight excluding hydrogens is 453 g/mol. The van der Waals surface area contributed by atoms with E-state index in [0.29, 0.717) is 18.0 Å². The third-order valence-electron chi connectivity index (χ3n) is 5.49. The van der Waals surface area contributed by atoms with Crippen molar-refractivity contribution in [2.75, 3.05) is 53.0 Å². The number of ether oxygens (including phenoxy) is 1. The third-order valence-corrected chi connectivity index (χ3v) is 5.49. The van der Waals surface area contributed by atoms with Crippen LogP contribution in [-0.2, 0) is 4.74 Å². The van der Waals surface area contributed by atoms with E-state index in [1.165, 1.54) is 19.3 Å². The molecule has 0 aromatic heterocycles. The zero-order valence-electron chi connectivity index (χ0n) is 18.0. The van der Waals surface area contributed by atoms with Crippen molar-refractivity contribution >= 4 is 29.9 Å². The fourth-order valence-corrected chi connectivity index (χ4v) is 3.59. The van der Waals surface area contributed by atoms with Gasteiger partial charge < -0.3 is 15.4 Å². The summed E-state index contributed by atoms with van der Waals surface area (Å²) in [7, 11) is 2.24. The van der Waals surface area contributed by atoms with Crippen LogP contribution in [0.1, 0.15) is 47.0 Å². The Morgan fingerprint density at radius 3 is 2.41 bits per heavy atom. The lowest BCUT2D eigenvalue weighted by Crippen LogP contribution is -2.47. The average Bonchev–Trinajstić information content (AvgIpc) is 3.47. The molecule has 1 saturated carbocycles. The van der Waals surface area contributed by atoms with Gasteiger partial charge in [-0.05, 0) is 46.1 Å². The highest BCUT2D eigenvalue weighted by Crippen LogP contribution is 2.26. The maximum atomic E-state index is 5.52. The lowest BCUT2D eigenvalue weighted by atomic mass is 10.0. The topological polar surface area (TPSA) is 52.1 Å². The Kier molecular flexibility index (Phi) is 12.2. The van der Waals surface area contributed by atoms with E-state index in [0.717, 1.165) is 57.9 Å². The standard InChI is InChI=1S/C20H41N5O.HI/c1-6-21-20(22-14-17(4)24(5)18-7-8-18)23-15-19(13-16(2)3)25-9-11-26-12-10-25;/h16-19H,6-15H2,1-5H3,(H2,21,22,23);1H. The van der Waals surface area contributed by atoms with Crippen LogP contribution < -0.4 is 10.6 Å². The first-order valence-corrected chi connectivity index (χ1v) is 10.6. The van der Waals surface area contributed by atoms with Gasteiger partial charge in [0.25, 0.3) is 0 Å². The summed E-state index contributed by atoms with van der Waals surface area (Å²) in [6.07, 6.45) is 3.89. The Morgan fingerprint density at radius 1 is 1.19 bits per heavy atom. The van der Waals surface area contributed by atoms with Crippen molar-refractivity contribution in [1.82, 2.24) is 20.4 Å². The van der Waals surface area contributed by atoms with Crippen molar-refractivity contribution in [3.63, 3.8) is 0 Å². The molecule has 1 aliphatic carbocycles. The zero-order valence-corrected chi connectivity index (χ0v) is 20.4. The molecule has 1 saturated heterocycles. The number of nitrogens with zero attached hydrogens (tertiary/aromatic N) is 3. The first kappa shape index (κ1) is 24.9. The number of likely N-dealkylation sites (N-methyl/N-ethyl adjacent to an activating group) is 1. The molecule has 2 N–H and O–H groups in total. The Hall–Kier alpha value is -0.120. The molecule has 2 fully saturated rings. The van der Waals surface area contributed by atoms with Crippen molar-refractivity contribution in [1.29, 1.82) is 0 Å². The molecule has 2 unspecified atom stereocenters. The van der Waals surface area contributed by atoms with Gasteiger partial charge in [0.15, 0.2) is 5.96 Å². The summed E-state index contributed by atoms with van der Waals surface area (Å²) < 4.78 is 5.52. The van der Waals surface area contributed by atoms with Crippen LogP contribution in [0.5, 0.6) is 0 Å². The predicted octanol–water partition coefficient (Wildman–Crippen LogP) is 2.39. The molecule has 0 spiro atoms. The minimum atomic E-state index is 0. The summed E-state index contributed by atoms with van der Waals surface area (Å²) in [5.41, 5.74) is 0. The fraction of sp³-hybridized carbons (Fsp3) is 0.950. The van der Waals surface area contributed by atoms with E-state index in [1.54, 1.807) is 0 Å². The average molecular weight is 495 g/mol. The first-order valence-electron chi connectivity index (χ1n) is 10.6. The summed E-state index contributed by atoms with van der Waals surface area (Å²) in [6.45, 7) is 15.5. The van der Waals surface area contributed by atoms with Crippen LogP contribution in [0.15, 0.2) is 4.99 Å². The molecule has 2 aliphatic rings. The van der Waals surface area contributed by atoms with Crippen LogP contribution in [0.2, 0.25) is 0 Å². The molecule has 2 rings (SSSR count). The summed E-state index contributed by atoms with van der Waals surface area (Å²) in [5, 5.41) is 6.96. The van der Waals surface area contributed by atoms with Crippen LogP contribution in [0.3, 0.4) is 0 Å². The van der Waals surface area contributed by atoms with E-state index in [9.17, 15) is 0 Å². The molecule has 1 heterocycles. The van der Waals surface area contributed by atoms with E-state index in [-0.39, 0.29) is 24.0 Å². The zero-order chi connectivity index (χ0) is 18.9. The van der Waals surface area contributed by atoms with Gasteiger partial charge in [-0.3, -0.25) is 14.8 Å². The van der Waals surface area contributed by atoms with Crippen LogP contribution in [0, 0.1) is 5.92 Å². The molecule has 2 atom stereocenters. The fourth-order valence-electron chi connectivity index (χ4n) is 3.59. The predicted molar refractivity (Wildman–Crippen MR) is 125 cm³/mol. The first-order chi connectivity index (χ1) is 12.5. The van der Waals surface area contributed by atoms with Gasteiger partial charge >= 0.3 is 0 Å². The van der Waals surface area contributed by atoms with E-state index in [2.05, 4.69) is 55.2 Å². The van der Waals surface area contributed by atoms with Gasteiger partial charge in [0.1, 0.15) is 0 Å². The van der Waals surface area contributed by atoms with Gasteiger partial charge in [-0.15, -0.1) is 24.0 Å². The van der Waals surface area contributed by atoms with E-state index in [1.807, 2.05) is 0 Å². The third kappa shape index (κ3) is 9.28. The number of rotatable bonds is 10. The molecule has 160 valence electrons. The second-order valence-electron chi connectivity index (χ2n) is 8.28. The molecule has 0 radical (unpaired) electrons. The summed E-state index contributed by atoms with van der Waals surface area (Å²) in [6, 6.07) is 1.82. The normalized spacial score (nSPS) is 21.1. The molecule has 6 nitrogen and oxygen atoms in total. The highest BCUT2D eigenvalue weighted by molar-refractivity contribution is 14.0. The largest absolute Gasteiger partial charge is 0.379 e. The number of hydrogen-bond acceptors (Lipinski definition) is 4. The number of morpholine rings is 1. The monoisotopic (exact) mass is 495 g/mol. The molecule has 27 heavy (non-hydrogen) atoms. The highest BCUT2D eigenvalue weighted by atomic mass is 127. The van der Waals surface area contributed by atoms with Crippen LogP contribution >= 0.6 is 24.0 Å². The summed E-state index contributed by atoms with van der Waals surface area (Å²) in [4.78, 5) is 9.97. The van der Waals surface area contributed by atoms with Crippen molar-refractivity contribution in [2.45, 2.75) is 65.1 Å². The maximum absolute atomic E-state index is 5.52. The Balaban J connectivity index is 0.00000364. The minimum absolute atomic E-state index is 0. The van der Waals surface area contributed by atoms with Gasteiger partial charge in [-0.1, -0.05) is 13.8 Å². The van der Waals surface area contributed by atoms with E-state index < -0.39 is 0 Å². The van der Waals surface area contributed by atoms with Crippen LogP contribution in [0.4, 0.5) is 0 Å². The molecular formula is C20H42IN5O. The lowest BCUT2D eigenvalue weighted by Gasteiger charge is -2.34. The number of nitrogens with one attached hydrogen (secondary N) is 2. The molecule has 7 heteroatoms. The molecule has 0 bridgehead atoms. The minimum Gasteiger partial charge on any atom is -0.379 e.